The van der Waals surface area contributed by atoms with E-state index in [0.717, 1.165) is 37.1 Å². The zero-order valence-corrected chi connectivity index (χ0v) is 13.5. The molecule has 1 aromatic rings. The molecule has 0 aromatic heterocycles. The van der Waals surface area contributed by atoms with Crippen molar-refractivity contribution >= 4 is 29.5 Å². The number of amides is 2. The molecule has 0 bridgehead atoms. The molecule has 0 unspecified atom stereocenters. The van der Waals surface area contributed by atoms with Crippen LogP contribution >= 0.6 is 11.6 Å². The molecule has 1 aromatic carbocycles. The number of carbonyl (C=O) groups excluding carboxylic acids is 2. The van der Waals surface area contributed by atoms with Crippen molar-refractivity contribution in [1.29, 1.82) is 0 Å². The lowest BCUT2D eigenvalue weighted by atomic mass is 10.1. The van der Waals surface area contributed by atoms with Crippen LogP contribution in [-0.4, -0.2) is 36.3 Å². The minimum Gasteiger partial charge on any atom is -0.352 e. The van der Waals surface area contributed by atoms with Crippen LogP contribution in [0.2, 0.25) is 5.02 Å². The van der Waals surface area contributed by atoms with Crippen molar-refractivity contribution in [1.82, 2.24) is 10.2 Å². The van der Waals surface area contributed by atoms with Gasteiger partial charge in [-0.1, -0.05) is 23.7 Å². The number of rotatable bonds is 6. The molecule has 2 rings (SSSR count). The van der Waals surface area contributed by atoms with Crippen LogP contribution < -0.4 is 5.32 Å². The summed E-state index contributed by atoms with van der Waals surface area (Å²) in [7, 11) is 0. The van der Waals surface area contributed by atoms with Crippen molar-refractivity contribution in [2.75, 3.05) is 19.6 Å². The van der Waals surface area contributed by atoms with E-state index in [9.17, 15) is 9.59 Å². The summed E-state index contributed by atoms with van der Waals surface area (Å²) in [6, 6.07) is 5.68. The third-order valence-corrected chi connectivity index (χ3v) is 4.11. The van der Waals surface area contributed by atoms with Crippen molar-refractivity contribution in [2.24, 2.45) is 0 Å². The second-order valence-corrected chi connectivity index (χ2v) is 5.88. The van der Waals surface area contributed by atoms with Crippen LogP contribution in [0.3, 0.4) is 0 Å². The second kappa shape index (κ2) is 7.99. The van der Waals surface area contributed by atoms with Crippen LogP contribution in [-0.2, 0) is 9.59 Å². The quantitative estimate of drug-likeness (QED) is 0.647. The molecular formula is C17H21ClN2O2. The average molecular weight is 321 g/mol. The largest absolute Gasteiger partial charge is 0.352 e. The van der Waals surface area contributed by atoms with Gasteiger partial charge in [-0.3, -0.25) is 9.59 Å². The van der Waals surface area contributed by atoms with Gasteiger partial charge >= 0.3 is 0 Å². The van der Waals surface area contributed by atoms with E-state index in [1.54, 1.807) is 6.08 Å². The van der Waals surface area contributed by atoms with E-state index in [2.05, 4.69) is 5.32 Å². The first-order chi connectivity index (χ1) is 10.6. The predicted molar refractivity (Wildman–Crippen MR) is 88.7 cm³/mol. The molecule has 1 heterocycles. The molecule has 0 saturated carbocycles. The van der Waals surface area contributed by atoms with Crippen LogP contribution in [0.1, 0.15) is 30.4 Å². The Hall–Kier alpha value is -1.81. The number of nitrogens with zero attached hydrogens (tertiary/aromatic N) is 1. The van der Waals surface area contributed by atoms with Gasteiger partial charge in [0.05, 0.1) is 0 Å². The predicted octanol–water partition coefficient (Wildman–Crippen LogP) is 2.79. The Kier molecular flexibility index (Phi) is 6.01. The van der Waals surface area contributed by atoms with E-state index >= 15 is 0 Å². The summed E-state index contributed by atoms with van der Waals surface area (Å²) in [5, 5.41) is 3.51. The van der Waals surface area contributed by atoms with Crippen molar-refractivity contribution in [3.05, 3.63) is 40.4 Å². The van der Waals surface area contributed by atoms with Gasteiger partial charge in [0, 0.05) is 37.2 Å². The topological polar surface area (TPSA) is 49.4 Å². The van der Waals surface area contributed by atoms with E-state index in [-0.39, 0.29) is 11.8 Å². The Bertz CT molecular complexity index is 584. The Morgan fingerprint density at radius 2 is 2.27 bits per heavy atom. The summed E-state index contributed by atoms with van der Waals surface area (Å²) in [5.41, 5.74) is 1.91. The molecule has 0 atom stereocenters. The molecule has 1 saturated heterocycles. The molecule has 0 spiro atoms. The van der Waals surface area contributed by atoms with E-state index < -0.39 is 0 Å². The summed E-state index contributed by atoms with van der Waals surface area (Å²) in [6.07, 6.45) is 5.63. The van der Waals surface area contributed by atoms with Gasteiger partial charge in [0.1, 0.15) is 0 Å². The van der Waals surface area contributed by atoms with E-state index in [4.69, 9.17) is 11.6 Å². The van der Waals surface area contributed by atoms with Crippen molar-refractivity contribution in [3.8, 4) is 0 Å². The highest BCUT2D eigenvalue weighted by Crippen LogP contribution is 2.17. The van der Waals surface area contributed by atoms with Gasteiger partial charge < -0.3 is 10.2 Å². The van der Waals surface area contributed by atoms with Crippen molar-refractivity contribution in [3.63, 3.8) is 0 Å². The molecule has 0 aliphatic carbocycles. The summed E-state index contributed by atoms with van der Waals surface area (Å²) >= 11 is 6.04. The number of likely N-dealkylation sites (tertiary alicyclic amines) is 1. The Morgan fingerprint density at radius 3 is 2.95 bits per heavy atom. The van der Waals surface area contributed by atoms with Gasteiger partial charge in [0.25, 0.3) is 0 Å². The standard InChI is InChI=1S/C17H21ClN2O2/c1-13-5-6-14(12-15(13)18)7-8-16(21)19-9-3-11-20-10-2-4-17(20)22/h5-8,12H,2-4,9-11H2,1H3,(H,19,21)/b8-7+. The number of hydrogen-bond acceptors (Lipinski definition) is 2. The SMILES string of the molecule is Cc1ccc(/C=C/C(=O)NCCCN2CCCC2=O)cc1Cl. The normalized spacial score (nSPS) is 14.8. The summed E-state index contributed by atoms with van der Waals surface area (Å²) in [6.45, 7) is 4.08. The fourth-order valence-corrected chi connectivity index (χ4v) is 2.55. The first kappa shape index (κ1) is 16.6. The number of nitrogens with one attached hydrogen (secondary N) is 1. The third-order valence-electron chi connectivity index (χ3n) is 3.70. The minimum atomic E-state index is -0.135. The molecular weight excluding hydrogens is 300 g/mol. The molecule has 1 aliphatic rings. The number of aryl methyl sites for hydroxylation is 1. The molecule has 5 heteroatoms. The van der Waals surface area contributed by atoms with Gasteiger partial charge in [-0.15, -0.1) is 0 Å². The van der Waals surface area contributed by atoms with Crippen LogP contribution in [0.25, 0.3) is 6.08 Å². The zero-order chi connectivity index (χ0) is 15.9. The monoisotopic (exact) mass is 320 g/mol. The molecule has 0 radical (unpaired) electrons. The van der Waals surface area contributed by atoms with Crippen LogP contribution in [0.5, 0.6) is 0 Å². The van der Waals surface area contributed by atoms with Crippen LogP contribution in [0.4, 0.5) is 0 Å². The molecule has 118 valence electrons. The highest BCUT2D eigenvalue weighted by atomic mass is 35.5. The fraction of sp³-hybridized carbons (Fsp3) is 0.412. The lowest BCUT2D eigenvalue weighted by Gasteiger charge is -2.14. The van der Waals surface area contributed by atoms with E-state index in [0.29, 0.717) is 18.0 Å². The highest BCUT2D eigenvalue weighted by Gasteiger charge is 2.18. The van der Waals surface area contributed by atoms with Gasteiger partial charge in [0.15, 0.2) is 0 Å². The van der Waals surface area contributed by atoms with Crippen LogP contribution in [0, 0.1) is 6.92 Å². The zero-order valence-electron chi connectivity index (χ0n) is 12.8. The van der Waals surface area contributed by atoms with Crippen LogP contribution in [0.15, 0.2) is 24.3 Å². The summed E-state index contributed by atoms with van der Waals surface area (Å²) < 4.78 is 0. The first-order valence-corrected chi connectivity index (χ1v) is 7.94. The molecule has 1 aliphatic heterocycles. The van der Waals surface area contributed by atoms with Gasteiger partial charge in [-0.25, -0.2) is 0 Å². The summed E-state index contributed by atoms with van der Waals surface area (Å²) in [4.78, 5) is 25.0. The number of carbonyl (C=O) groups is 2. The Morgan fingerprint density at radius 1 is 1.45 bits per heavy atom. The number of hydrogen-bond donors (Lipinski definition) is 1. The number of halogens is 1. The average Bonchev–Trinajstić information content (AvgIpc) is 2.90. The van der Waals surface area contributed by atoms with E-state index in [1.807, 2.05) is 30.0 Å². The van der Waals surface area contributed by atoms with Gasteiger partial charge in [0.2, 0.25) is 11.8 Å². The molecule has 4 nitrogen and oxygen atoms in total. The Labute approximate surface area is 136 Å². The van der Waals surface area contributed by atoms with Crippen molar-refractivity contribution < 1.29 is 9.59 Å². The minimum absolute atomic E-state index is 0.135. The first-order valence-electron chi connectivity index (χ1n) is 7.56. The lowest BCUT2D eigenvalue weighted by Crippen LogP contribution is -2.29. The van der Waals surface area contributed by atoms with Gasteiger partial charge in [-0.05, 0) is 43.0 Å². The second-order valence-electron chi connectivity index (χ2n) is 5.47. The molecule has 1 fully saturated rings. The maximum Gasteiger partial charge on any atom is 0.244 e. The number of benzene rings is 1. The van der Waals surface area contributed by atoms with E-state index in [1.165, 1.54) is 6.08 Å². The third kappa shape index (κ3) is 4.88. The lowest BCUT2D eigenvalue weighted by molar-refractivity contribution is -0.127. The fourth-order valence-electron chi connectivity index (χ4n) is 2.37. The highest BCUT2D eigenvalue weighted by molar-refractivity contribution is 6.31. The molecule has 1 N–H and O–H groups in total. The maximum absolute atomic E-state index is 11.7. The smallest absolute Gasteiger partial charge is 0.244 e. The summed E-state index contributed by atoms with van der Waals surface area (Å²) in [5.74, 6) is 0.0897. The Balaban J connectivity index is 1.70. The van der Waals surface area contributed by atoms with Gasteiger partial charge in [-0.2, -0.15) is 0 Å². The maximum atomic E-state index is 11.7. The molecule has 22 heavy (non-hydrogen) atoms. The van der Waals surface area contributed by atoms with Crippen molar-refractivity contribution in [2.45, 2.75) is 26.2 Å². The molecule has 2 amide bonds.